The summed E-state index contributed by atoms with van der Waals surface area (Å²) in [6, 6.07) is 14.0. The summed E-state index contributed by atoms with van der Waals surface area (Å²) in [5.41, 5.74) is 2.81. The Morgan fingerprint density at radius 1 is 1.17 bits per heavy atom. The van der Waals surface area contributed by atoms with Crippen LogP contribution in [0.15, 0.2) is 60.1 Å². The van der Waals surface area contributed by atoms with Gasteiger partial charge in [0.15, 0.2) is 0 Å². The second kappa shape index (κ2) is 11.1. The van der Waals surface area contributed by atoms with E-state index in [0.717, 1.165) is 21.7 Å². The van der Waals surface area contributed by atoms with E-state index < -0.39 is 0 Å². The summed E-state index contributed by atoms with van der Waals surface area (Å²) >= 11 is 1.59. The van der Waals surface area contributed by atoms with Crippen LogP contribution in [0.3, 0.4) is 0 Å². The van der Waals surface area contributed by atoms with Crippen LogP contribution in [-0.4, -0.2) is 48.4 Å². The predicted octanol–water partition coefficient (Wildman–Crippen LogP) is 2.55. The van der Waals surface area contributed by atoms with Gasteiger partial charge in [-0.05, 0) is 23.1 Å². The van der Waals surface area contributed by atoms with E-state index in [4.69, 9.17) is 9.84 Å². The first kappa shape index (κ1) is 21.5. The third kappa shape index (κ3) is 6.40. The zero-order valence-corrected chi connectivity index (χ0v) is 17.5. The Kier molecular flexibility index (Phi) is 7.94. The summed E-state index contributed by atoms with van der Waals surface area (Å²) < 4.78 is 6.73. The number of aromatic nitrogens is 2. The number of rotatable bonds is 10. The first-order chi connectivity index (χ1) is 14.7. The van der Waals surface area contributed by atoms with Gasteiger partial charge in [0.05, 0.1) is 24.6 Å². The van der Waals surface area contributed by atoms with E-state index in [1.54, 1.807) is 24.5 Å². The van der Waals surface area contributed by atoms with Crippen LogP contribution >= 0.6 is 11.3 Å². The molecule has 0 saturated heterocycles. The molecule has 0 aliphatic rings. The van der Waals surface area contributed by atoms with Crippen molar-refractivity contribution >= 4 is 29.2 Å². The Balaban J connectivity index is 1.66. The summed E-state index contributed by atoms with van der Waals surface area (Å²) in [5, 5.41) is 11.9. The van der Waals surface area contributed by atoms with Gasteiger partial charge in [0.25, 0.3) is 0 Å². The van der Waals surface area contributed by atoms with Crippen molar-refractivity contribution in [1.29, 1.82) is 0 Å². The van der Waals surface area contributed by atoms with Crippen molar-refractivity contribution in [2.24, 2.45) is 0 Å². The minimum absolute atomic E-state index is 0.0854. The molecule has 0 radical (unpaired) electrons. The zero-order valence-electron chi connectivity index (χ0n) is 16.7. The Labute approximate surface area is 179 Å². The number of carbonyl (C=O) groups is 2. The molecular weight excluding hydrogens is 400 g/mol. The molecule has 2 amide bonds. The summed E-state index contributed by atoms with van der Waals surface area (Å²) in [6.45, 7) is 1.39. The van der Waals surface area contributed by atoms with E-state index >= 15 is 0 Å². The highest BCUT2D eigenvalue weighted by molar-refractivity contribution is 7.13. The van der Waals surface area contributed by atoms with Crippen LogP contribution in [0.5, 0.6) is 0 Å². The standard InChI is InChI=1S/C22H24N4O3S/c1-29-12-11-23-21(28)14-24-20(27)10-9-18-16-26(15-17-6-3-2-4-7-17)25-22(18)19-8-5-13-30-19/h2-10,13,16H,11-12,14-15H2,1H3,(H,23,28)(H,24,27)/b10-9+. The van der Waals surface area contributed by atoms with E-state index in [1.807, 2.05) is 58.7 Å². The Morgan fingerprint density at radius 2 is 2.00 bits per heavy atom. The molecule has 0 bridgehead atoms. The van der Waals surface area contributed by atoms with Gasteiger partial charge in [-0.3, -0.25) is 14.3 Å². The lowest BCUT2D eigenvalue weighted by Gasteiger charge is -2.04. The summed E-state index contributed by atoms with van der Waals surface area (Å²) in [4.78, 5) is 24.8. The van der Waals surface area contributed by atoms with Gasteiger partial charge in [-0.15, -0.1) is 11.3 Å². The number of carbonyl (C=O) groups excluding carboxylic acids is 2. The van der Waals surface area contributed by atoms with Crippen LogP contribution in [0, 0.1) is 0 Å². The third-order valence-electron chi connectivity index (χ3n) is 4.20. The number of ether oxygens (including phenoxy) is 1. The van der Waals surface area contributed by atoms with Gasteiger partial charge in [0.2, 0.25) is 11.8 Å². The first-order valence-corrected chi connectivity index (χ1v) is 10.4. The fourth-order valence-electron chi connectivity index (χ4n) is 2.76. The highest BCUT2D eigenvalue weighted by atomic mass is 32.1. The first-order valence-electron chi connectivity index (χ1n) is 9.52. The molecule has 0 fully saturated rings. The second-order valence-corrected chi connectivity index (χ2v) is 7.44. The van der Waals surface area contributed by atoms with Crippen LogP contribution in [0.4, 0.5) is 0 Å². The Hall–Kier alpha value is -3.23. The fraction of sp³-hybridized carbons (Fsp3) is 0.227. The average molecular weight is 425 g/mol. The lowest BCUT2D eigenvalue weighted by atomic mass is 10.2. The van der Waals surface area contributed by atoms with Crippen molar-refractivity contribution in [3.05, 3.63) is 71.2 Å². The summed E-state index contributed by atoms with van der Waals surface area (Å²) in [7, 11) is 1.56. The maximum Gasteiger partial charge on any atom is 0.244 e. The summed E-state index contributed by atoms with van der Waals surface area (Å²) in [6.07, 6.45) is 5.06. The molecule has 8 heteroatoms. The molecule has 2 N–H and O–H groups in total. The van der Waals surface area contributed by atoms with Gasteiger partial charge in [-0.2, -0.15) is 5.10 Å². The van der Waals surface area contributed by atoms with E-state index in [9.17, 15) is 9.59 Å². The largest absolute Gasteiger partial charge is 0.383 e. The Bertz CT molecular complexity index is 981. The van der Waals surface area contributed by atoms with E-state index in [2.05, 4.69) is 10.6 Å². The lowest BCUT2D eigenvalue weighted by Crippen LogP contribution is -2.37. The number of amides is 2. The van der Waals surface area contributed by atoms with E-state index in [-0.39, 0.29) is 18.4 Å². The number of hydrogen-bond acceptors (Lipinski definition) is 5. The topological polar surface area (TPSA) is 85.3 Å². The monoisotopic (exact) mass is 424 g/mol. The van der Waals surface area contributed by atoms with Crippen LogP contribution in [0.1, 0.15) is 11.1 Å². The van der Waals surface area contributed by atoms with Gasteiger partial charge in [-0.25, -0.2) is 0 Å². The quantitative estimate of drug-likeness (QED) is 0.387. The highest BCUT2D eigenvalue weighted by Crippen LogP contribution is 2.27. The Morgan fingerprint density at radius 3 is 2.73 bits per heavy atom. The van der Waals surface area contributed by atoms with Crippen molar-refractivity contribution in [3.8, 4) is 10.6 Å². The van der Waals surface area contributed by atoms with Crippen LogP contribution < -0.4 is 10.6 Å². The SMILES string of the molecule is COCCNC(=O)CNC(=O)/C=C/c1cn(Cc2ccccc2)nc1-c1cccs1. The number of thiophene rings is 1. The molecule has 0 aliphatic carbocycles. The predicted molar refractivity (Wildman–Crippen MR) is 118 cm³/mol. The molecule has 3 aromatic rings. The fourth-order valence-corrected chi connectivity index (χ4v) is 3.49. The van der Waals surface area contributed by atoms with Gasteiger partial charge in [0, 0.05) is 31.5 Å². The average Bonchev–Trinajstić information content (AvgIpc) is 3.41. The molecule has 1 aromatic carbocycles. The van der Waals surface area contributed by atoms with Crippen LogP contribution in [0.2, 0.25) is 0 Å². The molecular formula is C22H24N4O3S. The van der Waals surface area contributed by atoms with Gasteiger partial charge in [-0.1, -0.05) is 36.4 Å². The third-order valence-corrected chi connectivity index (χ3v) is 5.07. The molecule has 2 heterocycles. The van der Waals surface area contributed by atoms with Gasteiger partial charge >= 0.3 is 0 Å². The smallest absolute Gasteiger partial charge is 0.244 e. The minimum atomic E-state index is -0.343. The van der Waals surface area contributed by atoms with Gasteiger partial charge < -0.3 is 15.4 Å². The molecule has 2 aromatic heterocycles. The van der Waals surface area contributed by atoms with Gasteiger partial charge in [0.1, 0.15) is 5.69 Å². The molecule has 0 unspecified atom stereocenters. The molecule has 156 valence electrons. The second-order valence-electron chi connectivity index (χ2n) is 6.49. The van der Waals surface area contributed by atoms with Crippen molar-refractivity contribution in [2.75, 3.05) is 26.8 Å². The summed E-state index contributed by atoms with van der Waals surface area (Å²) in [5.74, 6) is -0.603. The number of nitrogens with one attached hydrogen (secondary N) is 2. The molecule has 30 heavy (non-hydrogen) atoms. The van der Waals surface area contributed by atoms with Crippen molar-refractivity contribution in [3.63, 3.8) is 0 Å². The van der Waals surface area contributed by atoms with E-state index in [0.29, 0.717) is 19.7 Å². The normalized spacial score (nSPS) is 11.0. The molecule has 3 rings (SSSR count). The minimum Gasteiger partial charge on any atom is -0.383 e. The molecule has 0 saturated carbocycles. The number of methoxy groups -OCH3 is 1. The highest BCUT2D eigenvalue weighted by Gasteiger charge is 2.11. The molecule has 0 spiro atoms. The van der Waals surface area contributed by atoms with Crippen LogP contribution in [0.25, 0.3) is 16.6 Å². The number of hydrogen-bond donors (Lipinski definition) is 2. The lowest BCUT2D eigenvalue weighted by molar-refractivity contribution is -0.124. The molecule has 0 aliphatic heterocycles. The number of nitrogens with zero attached hydrogens (tertiary/aromatic N) is 2. The van der Waals surface area contributed by atoms with Crippen molar-refractivity contribution < 1.29 is 14.3 Å². The van der Waals surface area contributed by atoms with Crippen molar-refractivity contribution in [2.45, 2.75) is 6.54 Å². The molecule has 0 atom stereocenters. The molecule has 7 nitrogen and oxygen atoms in total. The van der Waals surface area contributed by atoms with E-state index in [1.165, 1.54) is 6.08 Å². The van der Waals surface area contributed by atoms with Crippen molar-refractivity contribution in [1.82, 2.24) is 20.4 Å². The number of benzene rings is 1. The van der Waals surface area contributed by atoms with Crippen LogP contribution in [-0.2, 0) is 20.9 Å². The maximum atomic E-state index is 12.1. The zero-order chi connectivity index (χ0) is 21.2. The maximum absolute atomic E-state index is 12.1.